The third-order valence-electron chi connectivity index (χ3n) is 5.14. The van der Waals surface area contributed by atoms with Crippen LogP contribution in [0.2, 0.25) is 0 Å². The molecule has 3 aromatic rings. The van der Waals surface area contributed by atoms with E-state index in [0.29, 0.717) is 23.7 Å². The third-order valence-corrected chi connectivity index (χ3v) is 5.14. The smallest absolute Gasteiger partial charge is 0.251 e. The van der Waals surface area contributed by atoms with E-state index in [2.05, 4.69) is 17.4 Å². The van der Waals surface area contributed by atoms with Gasteiger partial charge in [-0.25, -0.2) is 0 Å². The van der Waals surface area contributed by atoms with Gasteiger partial charge in [0.1, 0.15) is 23.9 Å². The molecule has 0 aliphatic rings. The lowest BCUT2D eigenvalue weighted by Gasteiger charge is -2.16. The molecule has 0 heterocycles. The first kappa shape index (κ1) is 23.2. The van der Waals surface area contributed by atoms with Crippen LogP contribution in [0.5, 0.6) is 17.2 Å². The van der Waals surface area contributed by atoms with E-state index in [1.54, 1.807) is 13.2 Å². The van der Waals surface area contributed by atoms with Gasteiger partial charge in [-0.05, 0) is 62.6 Å². The molecule has 3 rings (SSSR count). The second kappa shape index (κ2) is 11.8. The number of ether oxygens (including phenoxy) is 3. The Morgan fingerprint density at radius 3 is 2.47 bits per heavy atom. The predicted octanol–water partition coefficient (Wildman–Crippen LogP) is 5.42. The highest BCUT2D eigenvalue weighted by atomic mass is 16.5. The Hall–Kier alpha value is -3.47. The van der Waals surface area contributed by atoms with Gasteiger partial charge in [0, 0.05) is 23.2 Å². The average Bonchev–Trinajstić information content (AvgIpc) is 2.83. The fourth-order valence-electron chi connectivity index (χ4n) is 3.39. The third kappa shape index (κ3) is 6.77. The molecule has 1 amide bonds. The fourth-order valence-corrected chi connectivity index (χ4v) is 3.39. The van der Waals surface area contributed by atoms with Gasteiger partial charge in [-0.2, -0.15) is 0 Å². The van der Waals surface area contributed by atoms with Crippen LogP contribution >= 0.6 is 0 Å². The van der Waals surface area contributed by atoms with Gasteiger partial charge >= 0.3 is 0 Å². The Kier molecular flexibility index (Phi) is 8.55. The van der Waals surface area contributed by atoms with Crippen molar-refractivity contribution in [1.82, 2.24) is 5.32 Å². The topological polar surface area (TPSA) is 56.8 Å². The molecule has 0 bridgehead atoms. The quantitative estimate of drug-likeness (QED) is 0.438. The van der Waals surface area contributed by atoms with Crippen molar-refractivity contribution in [2.45, 2.75) is 39.3 Å². The first-order valence-corrected chi connectivity index (χ1v) is 11.0. The number of rotatable bonds is 11. The van der Waals surface area contributed by atoms with Crippen molar-refractivity contribution in [3.05, 3.63) is 89.5 Å². The van der Waals surface area contributed by atoms with Gasteiger partial charge in [0.2, 0.25) is 0 Å². The summed E-state index contributed by atoms with van der Waals surface area (Å²) >= 11 is 0. The monoisotopic (exact) mass is 433 g/mol. The van der Waals surface area contributed by atoms with Crippen molar-refractivity contribution >= 4 is 5.91 Å². The summed E-state index contributed by atoms with van der Waals surface area (Å²) in [6.45, 7) is 4.78. The van der Waals surface area contributed by atoms with E-state index in [9.17, 15) is 4.79 Å². The standard InChI is InChI=1S/C27H31NO4/c1-4-31-26-16-15-22(17-23(26)19-32-25-12-8-11-24(18-25)30-3)27(29)28-20(2)13-14-21-9-6-5-7-10-21/h5-12,15-18,20H,4,13-14,19H2,1-3H3,(H,28,29)/t20-/m1/s1. The molecule has 3 aromatic carbocycles. The Labute approximate surface area is 190 Å². The highest BCUT2D eigenvalue weighted by Crippen LogP contribution is 2.25. The van der Waals surface area contributed by atoms with Gasteiger partial charge in [0.05, 0.1) is 13.7 Å². The van der Waals surface area contributed by atoms with Crippen molar-refractivity contribution in [2.75, 3.05) is 13.7 Å². The number of hydrogen-bond donors (Lipinski definition) is 1. The van der Waals surface area contributed by atoms with E-state index in [-0.39, 0.29) is 18.6 Å². The van der Waals surface area contributed by atoms with Crippen LogP contribution in [-0.2, 0) is 13.0 Å². The molecule has 0 saturated carbocycles. The summed E-state index contributed by atoms with van der Waals surface area (Å²) < 4.78 is 16.9. The first-order valence-electron chi connectivity index (χ1n) is 11.0. The molecule has 0 radical (unpaired) electrons. The number of amides is 1. The summed E-state index contributed by atoms with van der Waals surface area (Å²) in [5.74, 6) is 2.03. The Morgan fingerprint density at radius 2 is 1.72 bits per heavy atom. The zero-order valence-corrected chi connectivity index (χ0v) is 19.0. The number of methoxy groups -OCH3 is 1. The van der Waals surface area contributed by atoms with Crippen LogP contribution in [0.15, 0.2) is 72.8 Å². The maximum atomic E-state index is 12.8. The van der Waals surface area contributed by atoms with E-state index in [1.165, 1.54) is 5.56 Å². The second-order valence-electron chi connectivity index (χ2n) is 7.62. The summed E-state index contributed by atoms with van der Waals surface area (Å²) in [7, 11) is 1.62. The average molecular weight is 434 g/mol. The largest absolute Gasteiger partial charge is 0.497 e. The zero-order valence-electron chi connectivity index (χ0n) is 19.0. The molecule has 5 nitrogen and oxygen atoms in total. The Balaban J connectivity index is 1.64. The maximum Gasteiger partial charge on any atom is 0.251 e. The molecule has 5 heteroatoms. The van der Waals surface area contributed by atoms with Crippen LogP contribution in [0.25, 0.3) is 0 Å². The van der Waals surface area contributed by atoms with Crippen LogP contribution in [-0.4, -0.2) is 25.7 Å². The summed E-state index contributed by atoms with van der Waals surface area (Å²) in [5, 5.41) is 3.10. The molecule has 0 unspecified atom stereocenters. The highest BCUT2D eigenvalue weighted by Gasteiger charge is 2.14. The zero-order chi connectivity index (χ0) is 22.8. The van der Waals surface area contributed by atoms with E-state index in [4.69, 9.17) is 14.2 Å². The Morgan fingerprint density at radius 1 is 0.938 bits per heavy atom. The molecule has 0 fully saturated rings. The molecule has 0 spiro atoms. The Bertz CT molecular complexity index is 1000. The number of aryl methyl sites for hydroxylation is 1. The lowest BCUT2D eigenvalue weighted by molar-refractivity contribution is 0.0938. The van der Waals surface area contributed by atoms with Gasteiger partial charge in [-0.1, -0.05) is 36.4 Å². The first-order chi connectivity index (χ1) is 15.6. The van der Waals surface area contributed by atoms with Gasteiger partial charge in [0.25, 0.3) is 5.91 Å². The summed E-state index contributed by atoms with van der Waals surface area (Å²) in [5.41, 5.74) is 2.68. The second-order valence-corrected chi connectivity index (χ2v) is 7.62. The summed E-state index contributed by atoms with van der Waals surface area (Å²) in [4.78, 5) is 12.8. The predicted molar refractivity (Wildman–Crippen MR) is 127 cm³/mol. The molecular weight excluding hydrogens is 402 g/mol. The molecule has 32 heavy (non-hydrogen) atoms. The minimum absolute atomic E-state index is 0.0609. The molecule has 0 aliphatic heterocycles. The van der Waals surface area contributed by atoms with Crippen LogP contribution < -0.4 is 19.5 Å². The SMILES string of the molecule is CCOc1ccc(C(=O)N[C@H](C)CCc2ccccc2)cc1COc1cccc(OC)c1. The normalized spacial score (nSPS) is 11.5. The summed E-state index contributed by atoms with van der Waals surface area (Å²) in [6.07, 6.45) is 1.80. The van der Waals surface area contributed by atoms with Gasteiger partial charge < -0.3 is 19.5 Å². The minimum atomic E-state index is -0.101. The number of nitrogens with one attached hydrogen (secondary N) is 1. The lowest BCUT2D eigenvalue weighted by atomic mass is 10.1. The molecule has 1 N–H and O–H groups in total. The van der Waals surface area contributed by atoms with E-state index in [0.717, 1.165) is 24.2 Å². The molecule has 0 aliphatic carbocycles. The molecule has 0 aromatic heterocycles. The number of benzene rings is 3. The highest BCUT2D eigenvalue weighted by molar-refractivity contribution is 5.94. The molecule has 0 saturated heterocycles. The van der Waals surface area contributed by atoms with Crippen molar-refractivity contribution in [3.63, 3.8) is 0 Å². The van der Waals surface area contributed by atoms with Crippen LogP contribution in [0.3, 0.4) is 0 Å². The van der Waals surface area contributed by atoms with Crippen molar-refractivity contribution in [3.8, 4) is 17.2 Å². The van der Waals surface area contributed by atoms with Crippen LogP contribution in [0.1, 0.15) is 41.8 Å². The number of carbonyl (C=O) groups excluding carboxylic acids is 1. The minimum Gasteiger partial charge on any atom is -0.497 e. The number of carbonyl (C=O) groups is 1. The van der Waals surface area contributed by atoms with E-state index < -0.39 is 0 Å². The van der Waals surface area contributed by atoms with Crippen LogP contribution in [0, 0.1) is 0 Å². The van der Waals surface area contributed by atoms with Crippen molar-refractivity contribution in [1.29, 1.82) is 0 Å². The van der Waals surface area contributed by atoms with Gasteiger partial charge in [-0.3, -0.25) is 4.79 Å². The van der Waals surface area contributed by atoms with E-state index in [1.807, 2.05) is 68.4 Å². The lowest BCUT2D eigenvalue weighted by Crippen LogP contribution is -2.33. The number of hydrogen-bond acceptors (Lipinski definition) is 4. The van der Waals surface area contributed by atoms with E-state index >= 15 is 0 Å². The van der Waals surface area contributed by atoms with Gasteiger partial charge in [-0.15, -0.1) is 0 Å². The summed E-state index contributed by atoms with van der Waals surface area (Å²) in [6, 6.07) is 23.2. The van der Waals surface area contributed by atoms with Crippen LogP contribution in [0.4, 0.5) is 0 Å². The van der Waals surface area contributed by atoms with Crippen molar-refractivity contribution < 1.29 is 19.0 Å². The molecule has 168 valence electrons. The molecule has 1 atom stereocenters. The molecular formula is C27H31NO4. The fraction of sp³-hybridized carbons (Fsp3) is 0.296. The van der Waals surface area contributed by atoms with Crippen molar-refractivity contribution in [2.24, 2.45) is 0 Å². The van der Waals surface area contributed by atoms with Gasteiger partial charge in [0.15, 0.2) is 0 Å². The maximum absolute atomic E-state index is 12.8.